The summed E-state index contributed by atoms with van der Waals surface area (Å²) in [6.45, 7) is 3.93. The molecule has 0 aliphatic carbocycles. The zero-order chi connectivity index (χ0) is 27.2. The molecule has 1 aliphatic heterocycles. The number of phenolic OH excluding ortho intramolecular Hbond substituents is 1. The molecule has 1 unspecified atom stereocenters. The van der Waals surface area contributed by atoms with Gasteiger partial charge in [-0.3, -0.25) is 9.79 Å². The highest BCUT2D eigenvalue weighted by Gasteiger charge is 2.24. The first-order chi connectivity index (χ1) is 18.5. The maximum absolute atomic E-state index is 12.7. The van der Waals surface area contributed by atoms with Gasteiger partial charge in [0.1, 0.15) is 30.8 Å². The molecule has 2 aromatic carbocycles. The van der Waals surface area contributed by atoms with E-state index in [4.69, 9.17) is 14.2 Å². The summed E-state index contributed by atoms with van der Waals surface area (Å²) in [5.41, 5.74) is 0.754. The minimum atomic E-state index is -1.19. The Morgan fingerprint density at radius 1 is 1.13 bits per heavy atom. The van der Waals surface area contributed by atoms with Gasteiger partial charge in [0.2, 0.25) is 0 Å². The Morgan fingerprint density at radius 2 is 1.92 bits per heavy atom. The van der Waals surface area contributed by atoms with E-state index in [1.807, 2.05) is 18.2 Å². The first kappa shape index (κ1) is 31.0. The standard InChI is InChI=1S/C26H33N5O7.ClH/c1-2-36-24(34)21(31-26(35)38-17-18-7-4-3-5-8-18)16-30-23(33)20-10-9-19(15-22(20)32)37-14-13-29-25-27-11-6-12-28-25;/h3-5,7-10,15,21,32H,2,6,11-14,16-17H2,1H3,(H,30,33)(H,31,35)(H2,27,28,29);1H. The molecule has 2 amide bonds. The van der Waals surface area contributed by atoms with E-state index in [1.165, 1.54) is 12.1 Å². The molecule has 39 heavy (non-hydrogen) atoms. The van der Waals surface area contributed by atoms with Crippen molar-refractivity contribution < 1.29 is 33.7 Å². The van der Waals surface area contributed by atoms with E-state index in [0.29, 0.717) is 18.9 Å². The molecule has 0 radical (unpaired) electrons. The highest BCUT2D eigenvalue weighted by Crippen LogP contribution is 2.23. The first-order valence-electron chi connectivity index (χ1n) is 12.4. The number of aromatic hydroxyl groups is 1. The van der Waals surface area contributed by atoms with Crippen molar-refractivity contribution in [1.29, 1.82) is 0 Å². The summed E-state index contributed by atoms with van der Waals surface area (Å²) in [6, 6.07) is 12.1. The number of carbonyl (C=O) groups excluding carboxylic acids is 3. The largest absolute Gasteiger partial charge is 0.507 e. The zero-order valence-electron chi connectivity index (χ0n) is 21.6. The predicted octanol–water partition coefficient (Wildman–Crippen LogP) is 1.72. The highest BCUT2D eigenvalue weighted by molar-refractivity contribution is 5.97. The van der Waals surface area contributed by atoms with Gasteiger partial charge in [-0.15, -0.1) is 12.4 Å². The molecule has 212 valence electrons. The van der Waals surface area contributed by atoms with Crippen LogP contribution < -0.4 is 26.0 Å². The van der Waals surface area contributed by atoms with Crippen LogP contribution in [0.15, 0.2) is 53.5 Å². The number of ether oxygens (including phenoxy) is 3. The monoisotopic (exact) mass is 563 g/mol. The number of hydrogen-bond acceptors (Lipinski definition) is 10. The highest BCUT2D eigenvalue weighted by atomic mass is 35.5. The number of hydrogen-bond donors (Lipinski definition) is 5. The lowest BCUT2D eigenvalue weighted by atomic mass is 10.1. The summed E-state index contributed by atoms with van der Waals surface area (Å²) in [7, 11) is 0. The lowest BCUT2D eigenvalue weighted by Crippen LogP contribution is -2.49. The van der Waals surface area contributed by atoms with Crippen molar-refractivity contribution in [2.45, 2.75) is 26.0 Å². The third-order valence-corrected chi connectivity index (χ3v) is 5.32. The van der Waals surface area contributed by atoms with Crippen LogP contribution >= 0.6 is 12.4 Å². The normalized spacial score (nSPS) is 12.9. The number of carbonyl (C=O) groups is 3. The van der Waals surface area contributed by atoms with Gasteiger partial charge < -0.3 is 40.6 Å². The molecule has 5 N–H and O–H groups in total. The van der Waals surface area contributed by atoms with E-state index in [-0.39, 0.29) is 43.5 Å². The van der Waals surface area contributed by atoms with Crippen LogP contribution in [-0.2, 0) is 20.9 Å². The Labute approximate surface area is 232 Å². The molecule has 0 saturated carbocycles. The summed E-state index contributed by atoms with van der Waals surface area (Å²) >= 11 is 0. The number of nitrogens with one attached hydrogen (secondary N) is 4. The average molecular weight is 564 g/mol. The van der Waals surface area contributed by atoms with E-state index in [1.54, 1.807) is 25.1 Å². The van der Waals surface area contributed by atoms with Gasteiger partial charge in [0.25, 0.3) is 5.91 Å². The summed E-state index contributed by atoms with van der Waals surface area (Å²) in [6.07, 6.45) is 0.161. The van der Waals surface area contributed by atoms with Gasteiger partial charge in [-0.2, -0.15) is 0 Å². The van der Waals surface area contributed by atoms with Crippen LogP contribution in [0.5, 0.6) is 11.5 Å². The van der Waals surface area contributed by atoms with Crippen molar-refractivity contribution in [1.82, 2.24) is 21.3 Å². The molecule has 13 heteroatoms. The average Bonchev–Trinajstić information content (AvgIpc) is 2.93. The van der Waals surface area contributed by atoms with Crippen molar-refractivity contribution >= 4 is 36.3 Å². The molecular weight excluding hydrogens is 530 g/mol. The molecule has 1 atom stereocenters. The molecule has 0 aromatic heterocycles. The van der Waals surface area contributed by atoms with Crippen molar-refractivity contribution in [3.05, 3.63) is 59.7 Å². The fraction of sp³-hybridized carbons (Fsp3) is 0.385. The van der Waals surface area contributed by atoms with Crippen molar-refractivity contribution in [3.63, 3.8) is 0 Å². The van der Waals surface area contributed by atoms with Crippen molar-refractivity contribution in [2.24, 2.45) is 4.99 Å². The molecule has 0 fully saturated rings. The number of phenols is 1. The van der Waals surface area contributed by atoms with Gasteiger partial charge >= 0.3 is 12.1 Å². The first-order valence-corrected chi connectivity index (χ1v) is 12.4. The smallest absolute Gasteiger partial charge is 0.408 e. The van der Waals surface area contributed by atoms with Crippen LogP contribution in [0.1, 0.15) is 29.3 Å². The van der Waals surface area contributed by atoms with Crippen LogP contribution in [0, 0.1) is 0 Å². The second-order valence-electron chi connectivity index (χ2n) is 8.19. The molecule has 2 aromatic rings. The Balaban J connectivity index is 0.00000533. The number of esters is 1. The second-order valence-corrected chi connectivity index (χ2v) is 8.19. The summed E-state index contributed by atoms with van der Waals surface area (Å²) in [5.74, 6) is -0.568. The van der Waals surface area contributed by atoms with Gasteiger partial charge in [0, 0.05) is 25.7 Å². The van der Waals surface area contributed by atoms with Gasteiger partial charge in [0.15, 0.2) is 5.96 Å². The Kier molecular flexibility index (Phi) is 13.2. The maximum Gasteiger partial charge on any atom is 0.408 e. The number of guanidine groups is 1. The van der Waals surface area contributed by atoms with Gasteiger partial charge in [-0.1, -0.05) is 30.3 Å². The summed E-state index contributed by atoms with van der Waals surface area (Å²) in [4.78, 5) is 41.5. The van der Waals surface area contributed by atoms with Crippen LogP contribution in [0.25, 0.3) is 0 Å². The molecule has 12 nitrogen and oxygen atoms in total. The van der Waals surface area contributed by atoms with Crippen molar-refractivity contribution in [3.8, 4) is 11.5 Å². The van der Waals surface area contributed by atoms with Crippen LogP contribution in [-0.4, -0.2) is 74.5 Å². The van der Waals surface area contributed by atoms with Gasteiger partial charge in [0.05, 0.1) is 18.7 Å². The van der Waals surface area contributed by atoms with E-state index in [2.05, 4.69) is 26.3 Å². The van der Waals surface area contributed by atoms with Gasteiger partial charge in [-0.05, 0) is 31.0 Å². The third kappa shape index (κ3) is 10.6. The third-order valence-electron chi connectivity index (χ3n) is 5.32. The SMILES string of the molecule is CCOC(=O)C(CNC(=O)c1ccc(OCCNC2=NCCCN2)cc1O)NC(=O)OCc1ccccc1.Cl. The van der Waals surface area contributed by atoms with Crippen LogP contribution in [0.2, 0.25) is 0 Å². The number of amides is 2. The van der Waals surface area contributed by atoms with Crippen LogP contribution in [0.3, 0.4) is 0 Å². The number of nitrogens with zero attached hydrogens (tertiary/aromatic N) is 1. The maximum atomic E-state index is 12.7. The quantitative estimate of drug-likeness (QED) is 0.191. The molecule has 1 aliphatic rings. The Bertz CT molecular complexity index is 1120. The molecule has 3 rings (SSSR count). The van der Waals surface area contributed by atoms with E-state index < -0.39 is 24.0 Å². The molecular formula is C26H34ClN5O7. The Hall–Kier alpha value is -4.19. The molecule has 1 heterocycles. The zero-order valence-corrected chi connectivity index (χ0v) is 22.4. The minimum absolute atomic E-state index is 0. The topological polar surface area (TPSA) is 160 Å². The molecule has 0 spiro atoms. The lowest BCUT2D eigenvalue weighted by Gasteiger charge is -2.18. The van der Waals surface area contributed by atoms with E-state index >= 15 is 0 Å². The number of benzene rings is 2. The fourth-order valence-electron chi connectivity index (χ4n) is 3.42. The predicted molar refractivity (Wildman–Crippen MR) is 146 cm³/mol. The van der Waals surface area contributed by atoms with Gasteiger partial charge in [-0.25, -0.2) is 9.59 Å². The van der Waals surface area contributed by atoms with E-state index in [9.17, 15) is 19.5 Å². The summed E-state index contributed by atoms with van der Waals surface area (Å²) in [5, 5.41) is 21.5. The van der Waals surface area contributed by atoms with E-state index in [0.717, 1.165) is 31.0 Å². The number of aliphatic imine (C=N–C) groups is 1. The number of alkyl carbamates (subject to hydrolysis) is 1. The fourth-order valence-corrected chi connectivity index (χ4v) is 3.42. The lowest BCUT2D eigenvalue weighted by molar-refractivity contribution is -0.145. The minimum Gasteiger partial charge on any atom is -0.507 e. The molecule has 0 saturated heterocycles. The summed E-state index contributed by atoms with van der Waals surface area (Å²) < 4.78 is 15.7. The Morgan fingerprint density at radius 3 is 2.62 bits per heavy atom. The molecule has 0 bridgehead atoms. The van der Waals surface area contributed by atoms with Crippen molar-refractivity contribution in [2.75, 3.05) is 39.4 Å². The number of halogens is 1. The second kappa shape index (κ2) is 16.6. The van der Waals surface area contributed by atoms with Crippen LogP contribution in [0.4, 0.5) is 4.79 Å². The number of rotatable bonds is 12.